The third kappa shape index (κ3) is 3.77. The third-order valence-corrected chi connectivity index (χ3v) is 6.28. The van der Waals surface area contributed by atoms with Crippen LogP contribution in [0.25, 0.3) is 11.0 Å². The number of carbonyl (C=O) groups is 1. The van der Waals surface area contributed by atoms with Crippen LogP contribution in [0.2, 0.25) is 0 Å². The van der Waals surface area contributed by atoms with Crippen LogP contribution in [0.1, 0.15) is 57.8 Å². The van der Waals surface area contributed by atoms with E-state index < -0.39 is 6.04 Å². The first-order valence-electron chi connectivity index (χ1n) is 11.6. The van der Waals surface area contributed by atoms with Crippen molar-refractivity contribution in [2.45, 2.75) is 39.8 Å². The highest BCUT2D eigenvalue weighted by Crippen LogP contribution is 2.39. The van der Waals surface area contributed by atoms with Gasteiger partial charge in [0, 0.05) is 6.54 Å². The molecular weight excluding hydrogens is 426 g/mol. The van der Waals surface area contributed by atoms with Crippen LogP contribution in [0.5, 0.6) is 5.75 Å². The van der Waals surface area contributed by atoms with E-state index in [0.717, 1.165) is 28.7 Å². The predicted molar refractivity (Wildman–Crippen MR) is 132 cm³/mol. The molecule has 0 N–H and O–H groups in total. The molecule has 0 aliphatic carbocycles. The van der Waals surface area contributed by atoms with Crippen LogP contribution in [0.4, 0.5) is 0 Å². The lowest BCUT2D eigenvalue weighted by atomic mass is 9.97. The molecule has 5 rings (SSSR count). The van der Waals surface area contributed by atoms with E-state index in [9.17, 15) is 9.59 Å². The Labute approximate surface area is 198 Å². The van der Waals surface area contributed by atoms with Crippen LogP contribution in [-0.4, -0.2) is 17.4 Å². The summed E-state index contributed by atoms with van der Waals surface area (Å²) < 4.78 is 12.2. The molecule has 1 aliphatic heterocycles. The predicted octanol–water partition coefficient (Wildman–Crippen LogP) is 5.94. The van der Waals surface area contributed by atoms with Crippen molar-refractivity contribution in [2.24, 2.45) is 0 Å². The minimum Gasteiger partial charge on any atom is -0.489 e. The smallest absolute Gasteiger partial charge is 0.290 e. The lowest BCUT2D eigenvalue weighted by molar-refractivity contribution is 0.0728. The molecule has 0 spiro atoms. The summed E-state index contributed by atoms with van der Waals surface area (Å²) in [5.74, 6) is 0.602. The van der Waals surface area contributed by atoms with Gasteiger partial charge in [0.05, 0.1) is 17.0 Å². The molecule has 1 atom stereocenters. The minimum atomic E-state index is -0.510. The highest BCUT2D eigenvalue weighted by Gasteiger charge is 2.42. The zero-order chi connectivity index (χ0) is 23.8. The van der Waals surface area contributed by atoms with Gasteiger partial charge in [-0.15, -0.1) is 0 Å². The number of benzene rings is 3. The summed E-state index contributed by atoms with van der Waals surface area (Å²) in [4.78, 5) is 28.9. The molecule has 0 saturated carbocycles. The van der Waals surface area contributed by atoms with Crippen molar-refractivity contribution < 1.29 is 13.9 Å². The molecule has 34 heavy (non-hydrogen) atoms. The van der Waals surface area contributed by atoms with Crippen LogP contribution in [-0.2, 0) is 6.61 Å². The van der Waals surface area contributed by atoms with Gasteiger partial charge in [-0.3, -0.25) is 9.59 Å². The number of nitrogens with zero attached hydrogens (tertiary/aromatic N) is 1. The van der Waals surface area contributed by atoms with Crippen molar-refractivity contribution in [1.82, 2.24) is 4.90 Å². The van der Waals surface area contributed by atoms with Gasteiger partial charge >= 0.3 is 0 Å². The Morgan fingerprint density at radius 3 is 2.53 bits per heavy atom. The number of amides is 1. The molecule has 2 heterocycles. The molecule has 0 fully saturated rings. The molecule has 3 aromatic carbocycles. The second kappa shape index (κ2) is 8.82. The first kappa shape index (κ1) is 22.0. The molecule has 172 valence electrons. The van der Waals surface area contributed by atoms with Gasteiger partial charge in [-0.05, 0) is 60.7 Å². The van der Waals surface area contributed by atoms with Gasteiger partial charge in [0.1, 0.15) is 17.9 Å². The average Bonchev–Trinajstić information content (AvgIpc) is 3.11. The maximum Gasteiger partial charge on any atom is 0.290 e. The van der Waals surface area contributed by atoms with Crippen molar-refractivity contribution in [3.63, 3.8) is 0 Å². The number of hydrogen-bond acceptors (Lipinski definition) is 4. The molecule has 0 radical (unpaired) electrons. The van der Waals surface area contributed by atoms with Crippen LogP contribution in [0, 0.1) is 13.8 Å². The van der Waals surface area contributed by atoms with Gasteiger partial charge < -0.3 is 14.1 Å². The lowest BCUT2D eigenvalue weighted by Gasteiger charge is -2.25. The molecule has 5 heteroatoms. The second-order valence-corrected chi connectivity index (χ2v) is 8.88. The molecule has 1 amide bonds. The van der Waals surface area contributed by atoms with Gasteiger partial charge in [0.2, 0.25) is 5.76 Å². The van der Waals surface area contributed by atoms with Crippen molar-refractivity contribution in [1.29, 1.82) is 0 Å². The van der Waals surface area contributed by atoms with Crippen molar-refractivity contribution in [2.75, 3.05) is 6.54 Å². The van der Waals surface area contributed by atoms with Crippen LogP contribution in [0.15, 0.2) is 75.9 Å². The Morgan fingerprint density at radius 1 is 0.971 bits per heavy atom. The van der Waals surface area contributed by atoms with E-state index in [-0.39, 0.29) is 17.1 Å². The second-order valence-electron chi connectivity index (χ2n) is 8.88. The topological polar surface area (TPSA) is 59.8 Å². The lowest BCUT2D eigenvalue weighted by Crippen LogP contribution is -2.30. The van der Waals surface area contributed by atoms with Gasteiger partial charge in [-0.1, -0.05) is 55.5 Å². The van der Waals surface area contributed by atoms with Crippen LogP contribution < -0.4 is 10.2 Å². The molecule has 1 unspecified atom stereocenters. The monoisotopic (exact) mass is 453 g/mol. The first-order valence-corrected chi connectivity index (χ1v) is 11.6. The largest absolute Gasteiger partial charge is 0.489 e. The summed E-state index contributed by atoms with van der Waals surface area (Å²) in [5, 5.41) is 0.517. The van der Waals surface area contributed by atoms with Gasteiger partial charge in [-0.2, -0.15) is 0 Å². The SMILES string of the molecule is CCCN1C(=O)c2oc3c(C)cc(C)cc3c(=O)c2C1c1cccc(OCc2ccccc2)c1. The molecule has 1 aliphatic rings. The summed E-state index contributed by atoms with van der Waals surface area (Å²) in [5.41, 5.74) is 4.50. The molecule has 5 nitrogen and oxygen atoms in total. The Morgan fingerprint density at radius 2 is 1.76 bits per heavy atom. The fourth-order valence-electron chi connectivity index (χ4n) is 4.81. The zero-order valence-electron chi connectivity index (χ0n) is 19.6. The average molecular weight is 454 g/mol. The third-order valence-electron chi connectivity index (χ3n) is 6.28. The van der Waals surface area contributed by atoms with Gasteiger partial charge in [0.25, 0.3) is 5.91 Å². The summed E-state index contributed by atoms with van der Waals surface area (Å²) in [6, 6.07) is 20.9. The quantitative estimate of drug-likeness (QED) is 0.362. The maximum absolute atomic E-state index is 13.7. The van der Waals surface area contributed by atoms with E-state index >= 15 is 0 Å². The number of carbonyl (C=O) groups excluding carboxylic acids is 1. The number of aryl methyl sites for hydroxylation is 2. The fraction of sp³-hybridized carbons (Fsp3) is 0.241. The summed E-state index contributed by atoms with van der Waals surface area (Å²) in [6.07, 6.45) is 0.770. The Bertz CT molecular complexity index is 1440. The Kier molecular flexibility index (Phi) is 5.70. The highest BCUT2D eigenvalue weighted by atomic mass is 16.5. The van der Waals surface area contributed by atoms with Crippen molar-refractivity contribution in [3.8, 4) is 5.75 Å². The summed E-state index contributed by atoms with van der Waals surface area (Å²) in [7, 11) is 0. The first-order chi connectivity index (χ1) is 16.5. The standard InChI is InChI=1S/C29H27NO4/c1-4-13-30-25(21-11-8-12-22(16-21)33-17-20-9-6-5-7-10-20)24-26(31)23-15-18(2)14-19(3)27(23)34-28(24)29(30)32/h5-12,14-16,25H,4,13,17H2,1-3H3. The number of ether oxygens (including phenoxy) is 1. The van der Waals surface area contributed by atoms with E-state index in [1.165, 1.54) is 0 Å². The van der Waals surface area contributed by atoms with Crippen molar-refractivity contribution >= 4 is 16.9 Å². The highest BCUT2D eigenvalue weighted by molar-refractivity contribution is 5.99. The van der Waals surface area contributed by atoms with E-state index in [1.54, 1.807) is 4.90 Å². The minimum absolute atomic E-state index is 0.143. The Hall–Kier alpha value is -3.86. The van der Waals surface area contributed by atoms with Crippen molar-refractivity contribution in [3.05, 3.63) is 111 Å². The van der Waals surface area contributed by atoms with Gasteiger partial charge in [-0.25, -0.2) is 0 Å². The fourth-order valence-corrected chi connectivity index (χ4v) is 4.81. The molecule has 4 aromatic rings. The zero-order valence-corrected chi connectivity index (χ0v) is 19.6. The number of fused-ring (bicyclic) bond motifs is 2. The molecule has 1 aromatic heterocycles. The van der Waals surface area contributed by atoms with E-state index in [1.807, 2.05) is 87.5 Å². The van der Waals surface area contributed by atoms with Gasteiger partial charge in [0.15, 0.2) is 5.43 Å². The molecular formula is C29H27NO4. The van der Waals surface area contributed by atoms with E-state index in [0.29, 0.717) is 35.4 Å². The normalized spacial score (nSPS) is 15.1. The summed E-state index contributed by atoms with van der Waals surface area (Å²) >= 11 is 0. The molecule has 0 bridgehead atoms. The van der Waals surface area contributed by atoms with E-state index in [4.69, 9.17) is 9.15 Å². The van der Waals surface area contributed by atoms with Crippen LogP contribution in [0.3, 0.4) is 0 Å². The number of hydrogen-bond donors (Lipinski definition) is 0. The number of rotatable bonds is 6. The maximum atomic E-state index is 13.7. The Balaban J connectivity index is 1.61. The molecule has 0 saturated heterocycles. The van der Waals surface area contributed by atoms with E-state index in [2.05, 4.69) is 0 Å². The van der Waals surface area contributed by atoms with Crippen LogP contribution >= 0.6 is 0 Å². The summed E-state index contributed by atoms with van der Waals surface area (Å²) in [6.45, 7) is 6.84.